The van der Waals surface area contributed by atoms with Crippen molar-refractivity contribution in [3.05, 3.63) is 153 Å². The summed E-state index contributed by atoms with van der Waals surface area (Å²) in [6.45, 7) is 0.188. The van der Waals surface area contributed by atoms with Crippen LogP contribution >= 0.6 is 34.8 Å². The van der Waals surface area contributed by atoms with Gasteiger partial charge in [-0.25, -0.2) is 21.2 Å². The predicted octanol–water partition coefficient (Wildman–Crippen LogP) is 9.50. The van der Waals surface area contributed by atoms with Gasteiger partial charge in [0.25, 0.3) is 0 Å². The summed E-state index contributed by atoms with van der Waals surface area (Å²) in [6.07, 6.45) is 0. The van der Waals surface area contributed by atoms with Gasteiger partial charge in [0.2, 0.25) is 0 Å². The minimum Gasteiger partial charge on any atom is -0.486 e. The molecule has 0 spiro atoms. The van der Waals surface area contributed by atoms with E-state index in [1.165, 1.54) is 24.3 Å². The standard InChI is InChI=1S/C19H16ClNO5S.C11H9ClO2S.C8H7ClFNO3/c20-11-12-26-17-9-3-7-15(19(17)21(22)23)13-27(24,25)18-10-4-6-14-5-1-2-8-16(14)18;12-8-15(13,14)11-7-3-5-9-4-1-2-6-10(9)11;9-3-4-14-8-5-6(10)1-2-7(8)11(12)13/h1-10H,11-13H2;1-7H,8H2;1-2,5H,3-4H2. The number of alkyl halides is 3. The van der Waals surface area contributed by atoms with Crippen LogP contribution in [-0.4, -0.2) is 56.9 Å². The van der Waals surface area contributed by atoms with Gasteiger partial charge in [-0.05, 0) is 35.0 Å². The van der Waals surface area contributed by atoms with Crippen molar-refractivity contribution in [2.24, 2.45) is 0 Å². The zero-order valence-electron chi connectivity index (χ0n) is 29.1. The number of halogens is 4. The van der Waals surface area contributed by atoms with Crippen LogP contribution in [0.3, 0.4) is 0 Å². The fraction of sp³-hybridized carbons (Fsp3) is 0.158. The molecule has 0 fully saturated rings. The fourth-order valence-electron chi connectivity index (χ4n) is 5.33. The van der Waals surface area contributed by atoms with Crippen LogP contribution in [0.4, 0.5) is 15.8 Å². The van der Waals surface area contributed by atoms with E-state index in [1.807, 2.05) is 42.5 Å². The van der Waals surface area contributed by atoms with Crippen LogP contribution < -0.4 is 9.47 Å². The van der Waals surface area contributed by atoms with Crippen molar-refractivity contribution in [3.63, 3.8) is 0 Å². The van der Waals surface area contributed by atoms with E-state index in [9.17, 15) is 41.5 Å². The molecular weight excluding hydrogens is 834 g/mol. The third-order valence-corrected chi connectivity index (χ3v) is 11.9. The van der Waals surface area contributed by atoms with Crippen molar-refractivity contribution >= 4 is 87.4 Å². The number of para-hydroxylation sites is 1. The number of nitrogens with zero attached hydrogens (tertiary/aromatic N) is 2. The maximum absolute atomic E-state index is 13.0. The minimum atomic E-state index is -3.82. The van der Waals surface area contributed by atoms with Crippen LogP contribution in [0.1, 0.15) is 5.56 Å². The molecule has 0 heterocycles. The number of benzene rings is 6. The molecule has 0 saturated carbocycles. The van der Waals surface area contributed by atoms with Crippen molar-refractivity contribution < 1.29 is 40.5 Å². The van der Waals surface area contributed by atoms with Gasteiger partial charge in [-0.3, -0.25) is 20.2 Å². The summed E-state index contributed by atoms with van der Waals surface area (Å²) in [6, 6.07) is 32.0. The lowest BCUT2D eigenvalue weighted by atomic mass is 10.1. The minimum absolute atomic E-state index is 0.00581. The Morgan fingerprint density at radius 1 is 0.589 bits per heavy atom. The molecule has 294 valence electrons. The quantitative estimate of drug-likeness (QED) is 0.0618. The van der Waals surface area contributed by atoms with Gasteiger partial charge >= 0.3 is 11.4 Å². The van der Waals surface area contributed by atoms with E-state index in [4.69, 9.17) is 44.3 Å². The summed E-state index contributed by atoms with van der Waals surface area (Å²) in [5.74, 6) is -0.833. The first-order chi connectivity index (χ1) is 26.7. The van der Waals surface area contributed by atoms with E-state index in [1.54, 1.807) is 36.4 Å². The lowest BCUT2D eigenvalue weighted by molar-refractivity contribution is -0.386. The number of fused-ring (bicyclic) bond motifs is 2. The summed E-state index contributed by atoms with van der Waals surface area (Å²) < 4.78 is 72.4. The van der Waals surface area contributed by atoms with E-state index in [0.29, 0.717) is 10.3 Å². The monoisotopic (exact) mass is 864 g/mol. The molecule has 0 saturated heterocycles. The average Bonchev–Trinajstić information content (AvgIpc) is 3.19. The van der Waals surface area contributed by atoms with E-state index in [-0.39, 0.29) is 63.5 Å². The largest absolute Gasteiger partial charge is 0.486 e. The number of rotatable bonds is 13. The third kappa shape index (κ3) is 11.3. The Kier molecular flexibility index (Phi) is 15.8. The molecule has 6 rings (SSSR count). The van der Waals surface area contributed by atoms with Gasteiger partial charge in [0.1, 0.15) is 24.2 Å². The first-order valence-electron chi connectivity index (χ1n) is 16.3. The molecule has 0 radical (unpaired) electrons. The number of ether oxygens (including phenoxy) is 2. The van der Waals surface area contributed by atoms with Crippen LogP contribution in [0.25, 0.3) is 21.5 Å². The second-order valence-electron chi connectivity index (χ2n) is 11.4. The first-order valence-corrected chi connectivity index (χ1v) is 21.2. The number of hydrogen-bond acceptors (Lipinski definition) is 10. The Labute approximate surface area is 336 Å². The second-order valence-corrected chi connectivity index (χ2v) is 16.7. The molecule has 18 heteroatoms. The molecule has 0 aromatic heterocycles. The molecule has 0 aliphatic heterocycles. The number of nitro groups is 2. The van der Waals surface area contributed by atoms with E-state index >= 15 is 0 Å². The van der Waals surface area contributed by atoms with Crippen LogP contribution in [0.5, 0.6) is 11.5 Å². The fourth-order valence-corrected chi connectivity index (χ4v) is 8.37. The SMILES string of the molecule is O=S(=O)(CCl)c1cccc2ccccc12.O=[N+]([O-])c1c(CS(=O)(=O)c2cccc3ccccc23)cccc1OCCCl.O=[N+]([O-])c1ccc(F)cc1OCCCl. The Morgan fingerprint density at radius 3 is 1.61 bits per heavy atom. The molecule has 12 nitrogen and oxygen atoms in total. The van der Waals surface area contributed by atoms with Crippen LogP contribution in [0, 0.1) is 26.0 Å². The topological polar surface area (TPSA) is 173 Å². The van der Waals surface area contributed by atoms with Crippen molar-refractivity contribution in [2.45, 2.75) is 15.5 Å². The molecule has 0 bridgehead atoms. The van der Waals surface area contributed by atoms with Crippen molar-refractivity contribution in [1.82, 2.24) is 0 Å². The molecule has 0 N–H and O–H groups in total. The van der Waals surface area contributed by atoms with Crippen molar-refractivity contribution in [2.75, 3.05) is 30.2 Å². The van der Waals surface area contributed by atoms with Crippen LogP contribution in [0.2, 0.25) is 0 Å². The smallest absolute Gasteiger partial charge is 0.315 e. The Hall–Kier alpha value is -5.06. The summed E-state index contributed by atoms with van der Waals surface area (Å²) in [4.78, 5) is 21.2. The predicted molar refractivity (Wildman–Crippen MR) is 215 cm³/mol. The zero-order chi connectivity index (χ0) is 40.9. The molecule has 0 atom stereocenters. The van der Waals surface area contributed by atoms with Gasteiger partial charge < -0.3 is 9.47 Å². The van der Waals surface area contributed by atoms with Gasteiger partial charge in [0.15, 0.2) is 31.2 Å². The number of nitro benzene ring substituents is 2. The van der Waals surface area contributed by atoms with E-state index in [0.717, 1.165) is 34.4 Å². The molecule has 0 amide bonds. The molecular formula is C38H32Cl3FN2O10S2. The Morgan fingerprint density at radius 2 is 1.09 bits per heavy atom. The highest BCUT2D eigenvalue weighted by molar-refractivity contribution is 7.92. The number of hydrogen-bond donors (Lipinski definition) is 0. The summed E-state index contributed by atoms with van der Waals surface area (Å²) in [5, 5.41) is 24.6. The van der Waals surface area contributed by atoms with Crippen molar-refractivity contribution in [1.29, 1.82) is 0 Å². The lowest BCUT2D eigenvalue weighted by Gasteiger charge is -2.11. The van der Waals surface area contributed by atoms with E-state index < -0.39 is 41.1 Å². The average molecular weight is 866 g/mol. The second kappa shape index (κ2) is 20.2. The summed E-state index contributed by atoms with van der Waals surface area (Å²) in [5.41, 5.74) is -0.553. The molecule has 0 aliphatic rings. The summed E-state index contributed by atoms with van der Waals surface area (Å²) in [7, 11) is -7.18. The number of sulfone groups is 2. The zero-order valence-corrected chi connectivity index (χ0v) is 33.0. The summed E-state index contributed by atoms with van der Waals surface area (Å²) >= 11 is 16.3. The Balaban J connectivity index is 0.000000203. The van der Waals surface area contributed by atoms with Crippen LogP contribution in [-0.2, 0) is 25.4 Å². The van der Waals surface area contributed by atoms with Gasteiger partial charge in [-0.2, -0.15) is 0 Å². The van der Waals surface area contributed by atoms with Crippen molar-refractivity contribution in [3.8, 4) is 11.5 Å². The lowest BCUT2D eigenvalue weighted by Crippen LogP contribution is -2.09. The van der Waals surface area contributed by atoms with Crippen LogP contribution in [0.15, 0.2) is 131 Å². The molecule has 6 aromatic rings. The highest BCUT2D eigenvalue weighted by Crippen LogP contribution is 2.34. The third-order valence-electron chi connectivity index (χ3n) is 7.71. The molecule has 0 aliphatic carbocycles. The van der Waals surface area contributed by atoms with E-state index in [2.05, 4.69) is 0 Å². The van der Waals surface area contributed by atoms with Gasteiger partial charge in [-0.15, -0.1) is 34.8 Å². The van der Waals surface area contributed by atoms with Gasteiger partial charge in [0.05, 0.1) is 37.2 Å². The highest BCUT2D eigenvalue weighted by Gasteiger charge is 2.27. The van der Waals surface area contributed by atoms with Gasteiger partial charge in [0, 0.05) is 28.5 Å². The maximum Gasteiger partial charge on any atom is 0.315 e. The first kappa shape index (κ1) is 43.7. The van der Waals surface area contributed by atoms with Gasteiger partial charge in [-0.1, -0.05) is 84.9 Å². The normalized spacial score (nSPS) is 11.1. The molecule has 0 unspecified atom stereocenters. The molecule has 56 heavy (non-hydrogen) atoms. The Bertz CT molecular complexity index is 2550. The maximum atomic E-state index is 13.0. The highest BCUT2D eigenvalue weighted by atomic mass is 35.5. The molecule has 6 aromatic carbocycles.